The molecular weight excluding hydrogens is 519 g/mol. The molecule has 37 heavy (non-hydrogen) atoms. The number of hydrogen-bond donors (Lipinski definition) is 2. The van der Waals surface area contributed by atoms with Crippen molar-refractivity contribution in [3.8, 4) is 0 Å². The summed E-state index contributed by atoms with van der Waals surface area (Å²) < 4.78 is 20.6. The average Bonchev–Trinajstić information content (AvgIpc) is 3.39. The van der Waals surface area contributed by atoms with Crippen molar-refractivity contribution < 1.29 is 9.18 Å². The Morgan fingerprint density at radius 3 is 2.73 bits per heavy atom. The van der Waals surface area contributed by atoms with Gasteiger partial charge in [-0.1, -0.05) is 23.5 Å². The molecule has 13 heteroatoms. The first-order valence-corrected chi connectivity index (χ1v) is 13.0. The molecule has 1 aliphatic heterocycles. The number of amides is 1. The lowest BCUT2D eigenvalue weighted by Crippen LogP contribution is -2.29. The molecule has 4 heterocycles. The maximum Gasteiger partial charge on any atom is 0.281 e. The molecule has 0 saturated carbocycles. The number of nitrogens with zero attached hydrogens (tertiary/aromatic N) is 6. The van der Waals surface area contributed by atoms with E-state index in [1.807, 2.05) is 18.1 Å². The normalized spacial score (nSPS) is 13.6. The molecule has 0 bridgehead atoms. The van der Waals surface area contributed by atoms with E-state index >= 15 is 0 Å². The van der Waals surface area contributed by atoms with Gasteiger partial charge in [-0.05, 0) is 31.2 Å². The summed E-state index contributed by atoms with van der Waals surface area (Å²) in [5.74, 6) is -0.521. The lowest BCUT2D eigenvalue weighted by atomic mass is 10.0. The molecule has 3 aromatic heterocycles. The van der Waals surface area contributed by atoms with E-state index in [9.17, 15) is 14.0 Å². The number of halogens is 2. The summed E-state index contributed by atoms with van der Waals surface area (Å²) >= 11 is 7.16. The van der Waals surface area contributed by atoms with E-state index in [4.69, 9.17) is 16.6 Å². The summed E-state index contributed by atoms with van der Waals surface area (Å²) in [7, 11) is 3.50. The number of benzene rings is 1. The molecule has 1 aromatic carbocycles. The summed E-state index contributed by atoms with van der Waals surface area (Å²) in [6.45, 7) is 2.87. The van der Waals surface area contributed by atoms with Crippen molar-refractivity contribution in [2.75, 3.05) is 16.5 Å². The molecule has 192 valence electrons. The molecular formula is C24H24ClFN8O2S. The van der Waals surface area contributed by atoms with Crippen molar-refractivity contribution in [2.45, 2.75) is 26.1 Å². The molecule has 10 nitrogen and oxygen atoms in total. The average molecular weight is 543 g/mol. The monoisotopic (exact) mass is 542 g/mol. The van der Waals surface area contributed by atoms with Gasteiger partial charge in [-0.25, -0.2) is 14.4 Å². The first-order chi connectivity index (χ1) is 17.7. The number of rotatable bonds is 6. The Balaban J connectivity index is 1.57. The Hall–Kier alpha value is -3.64. The second-order valence-corrected chi connectivity index (χ2v) is 9.83. The number of aryl methyl sites for hydroxylation is 1. The van der Waals surface area contributed by atoms with Crippen molar-refractivity contribution in [3.05, 3.63) is 74.3 Å². The van der Waals surface area contributed by atoms with Gasteiger partial charge in [-0.3, -0.25) is 23.6 Å². The standard InChI is InChI=1S/C24H24ClFN8O2S/c1-12(27-17-5-6-19(25)28-21(17)22(35)31-37-4)15-7-14(26)8-16-20(15)29-24(33(3)23(16)36)34-10-13-9-32(2)30-18(13)11-34/h5-9,12,27H,10-11H2,1-4H3,(H,31,35). The quantitative estimate of drug-likeness (QED) is 0.281. The Labute approximate surface area is 221 Å². The maximum absolute atomic E-state index is 14.7. The Morgan fingerprint density at radius 2 is 2.00 bits per heavy atom. The zero-order valence-corrected chi connectivity index (χ0v) is 22.1. The van der Waals surface area contributed by atoms with Crippen molar-refractivity contribution in [2.24, 2.45) is 14.1 Å². The molecule has 0 fully saturated rings. The molecule has 4 aromatic rings. The van der Waals surface area contributed by atoms with Gasteiger partial charge in [0.2, 0.25) is 5.95 Å². The molecule has 0 radical (unpaired) electrons. The molecule has 1 atom stereocenters. The van der Waals surface area contributed by atoms with E-state index in [1.54, 1.807) is 37.0 Å². The minimum atomic E-state index is -0.560. The number of carbonyl (C=O) groups is 1. The van der Waals surface area contributed by atoms with Gasteiger partial charge in [0.05, 0.1) is 34.9 Å². The van der Waals surface area contributed by atoms with Gasteiger partial charge in [0, 0.05) is 44.2 Å². The lowest BCUT2D eigenvalue weighted by Gasteiger charge is -2.23. The van der Waals surface area contributed by atoms with Gasteiger partial charge in [0.1, 0.15) is 11.0 Å². The number of hydrogen-bond acceptors (Lipinski definition) is 8. The lowest BCUT2D eigenvalue weighted by molar-refractivity contribution is 0.0980. The van der Waals surface area contributed by atoms with Crippen molar-refractivity contribution in [1.29, 1.82) is 0 Å². The zero-order valence-electron chi connectivity index (χ0n) is 20.5. The highest BCUT2D eigenvalue weighted by Crippen LogP contribution is 2.31. The largest absolute Gasteiger partial charge is 0.377 e. The molecule has 1 unspecified atom stereocenters. The van der Waals surface area contributed by atoms with Crippen LogP contribution in [0.2, 0.25) is 5.15 Å². The highest BCUT2D eigenvalue weighted by atomic mass is 35.5. The van der Waals surface area contributed by atoms with E-state index < -0.39 is 17.8 Å². The zero-order chi connectivity index (χ0) is 26.4. The van der Waals surface area contributed by atoms with Crippen molar-refractivity contribution in [1.82, 2.24) is 29.0 Å². The summed E-state index contributed by atoms with van der Waals surface area (Å²) in [4.78, 5) is 36.8. The number of anilines is 2. The van der Waals surface area contributed by atoms with Crippen LogP contribution in [-0.2, 0) is 27.2 Å². The van der Waals surface area contributed by atoms with Crippen LogP contribution >= 0.6 is 23.5 Å². The Kier molecular flexibility index (Phi) is 6.54. The van der Waals surface area contributed by atoms with Crippen LogP contribution in [0, 0.1) is 5.82 Å². The van der Waals surface area contributed by atoms with Crippen molar-refractivity contribution in [3.63, 3.8) is 0 Å². The number of carbonyl (C=O) groups excluding carboxylic acids is 1. The van der Waals surface area contributed by atoms with Crippen LogP contribution in [-0.4, -0.2) is 36.5 Å². The van der Waals surface area contributed by atoms with E-state index in [0.29, 0.717) is 35.8 Å². The van der Waals surface area contributed by atoms with Gasteiger partial charge in [-0.2, -0.15) is 5.10 Å². The van der Waals surface area contributed by atoms with Gasteiger partial charge < -0.3 is 10.2 Å². The number of aromatic nitrogens is 5. The molecule has 2 N–H and O–H groups in total. The van der Waals surface area contributed by atoms with Crippen LogP contribution in [0.1, 0.15) is 40.3 Å². The van der Waals surface area contributed by atoms with Gasteiger partial charge in [0.15, 0.2) is 5.69 Å². The highest BCUT2D eigenvalue weighted by molar-refractivity contribution is 7.97. The predicted octanol–water partition coefficient (Wildman–Crippen LogP) is 3.56. The molecule has 0 saturated heterocycles. The van der Waals surface area contributed by atoms with E-state index in [-0.39, 0.29) is 21.8 Å². The summed E-state index contributed by atoms with van der Waals surface area (Å²) in [5.41, 5.74) is 2.99. The predicted molar refractivity (Wildman–Crippen MR) is 142 cm³/mol. The molecule has 5 rings (SSSR count). The van der Waals surface area contributed by atoms with Crippen LogP contribution in [0.5, 0.6) is 0 Å². The van der Waals surface area contributed by atoms with Gasteiger partial charge in [0.25, 0.3) is 11.5 Å². The van der Waals surface area contributed by atoms with E-state index in [0.717, 1.165) is 23.2 Å². The Bertz CT molecular complexity index is 1580. The first-order valence-electron chi connectivity index (χ1n) is 11.4. The summed E-state index contributed by atoms with van der Waals surface area (Å²) in [6.07, 6.45) is 3.67. The Morgan fingerprint density at radius 1 is 1.22 bits per heavy atom. The van der Waals surface area contributed by atoms with Crippen LogP contribution in [0.3, 0.4) is 0 Å². The number of pyridine rings is 1. The fourth-order valence-corrected chi connectivity index (χ4v) is 5.01. The van der Waals surface area contributed by atoms with Crippen LogP contribution in [0.25, 0.3) is 10.9 Å². The molecule has 1 amide bonds. The van der Waals surface area contributed by atoms with E-state index in [1.165, 1.54) is 16.7 Å². The maximum atomic E-state index is 14.7. The van der Waals surface area contributed by atoms with E-state index in [2.05, 4.69) is 20.1 Å². The third-order valence-electron chi connectivity index (χ3n) is 6.24. The third kappa shape index (κ3) is 4.62. The smallest absolute Gasteiger partial charge is 0.281 e. The fourth-order valence-electron chi connectivity index (χ4n) is 4.58. The SMILES string of the molecule is CSNC(=O)c1nc(Cl)ccc1NC(C)c1cc(F)cc2c(=O)n(C)c(N3Cc4cn(C)nc4C3)nc12. The number of fused-ring (bicyclic) bond motifs is 2. The highest BCUT2D eigenvalue weighted by Gasteiger charge is 2.27. The topological polar surface area (TPSA) is 110 Å². The minimum absolute atomic E-state index is 0.0987. The first kappa shape index (κ1) is 25.0. The third-order valence-corrected chi connectivity index (χ3v) is 6.84. The second kappa shape index (κ2) is 9.67. The minimum Gasteiger partial charge on any atom is -0.377 e. The fraction of sp³-hybridized carbons (Fsp3) is 0.292. The van der Waals surface area contributed by atoms with Crippen LogP contribution in [0.15, 0.2) is 35.3 Å². The molecule has 0 aliphatic carbocycles. The summed E-state index contributed by atoms with van der Waals surface area (Å²) in [5, 5.41) is 8.03. The van der Waals surface area contributed by atoms with Crippen LogP contribution < -0.4 is 20.5 Å². The van der Waals surface area contributed by atoms with Crippen molar-refractivity contribution >= 4 is 52.0 Å². The second-order valence-electron chi connectivity index (χ2n) is 8.83. The van der Waals surface area contributed by atoms with Gasteiger partial charge in [-0.15, -0.1) is 0 Å². The molecule has 1 aliphatic rings. The molecule has 0 spiro atoms. The summed E-state index contributed by atoms with van der Waals surface area (Å²) in [6, 6.07) is 5.21. The van der Waals surface area contributed by atoms with Gasteiger partial charge >= 0.3 is 0 Å². The number of nitrogens with one attached hydrogen (secondary N) is 2. The van der Waals surface area contributed by atoms with Crippen LogP contribution in [0.4, 0.5) is 16.0 Å².